The molecule has 0 aliphatic carbocycles. The highest BCUT2D eigenvalue weighted by atomic mass is 32.1. The molecule has 2 aromatic carbocycles. The van der Waals surface area contributed by atoms with Crippen molar-refractivity contribution in [3.8, 4) is 11.5 Å². The van der Waals surface area contributed by atoms with Crippen LogP contribution in [0.25, 0.3) is 22.1 Å². The summed E-state index contributed by atoms with van der Waals surface area (Å²) in [4.78, 5) is 61.2. The van der Waals surface area contributed by atoms with Crippen molar-refractivity contribution in [1.82, 2.24) is 38.7 Å². The maximum absolute atomic E-state index is 13.6. The van der Waals surface area contributed by atoms with Crippen LogP contribution in [-0.2, 0) is 26.2 Å². The summed E-state index contributed by atoms with van der Waals surface area (Å²) in [5.74, 6) is 2.02. The second kappa shape index (κ2) is 32.3. The third-order valence-electron chi connectivity index (χ3n) is 9.62. The lowest BCUT2D eigenvalue weighted by Gasteiger charge is -2.13. The summed E-state index contributed by atoms with van der Waals surface area (Å²) >= 11 is 4.30. The lowest BCUT2D eigenvalue weighted by Crippen LogP contribution is -2.20. The number of aryl methyl sites for hydroxylation is 4. The predicted molar refractivity (Wildman–Crippen MR) is 286 cm³/mol. The molecular formula is C48H70N16O6S. The van der Waals surface area contributed by atoms with E-state index >= 15 is 0 Å². The summed E-state index contributed by atoms with van der Waals surface area (Å²) in [6, 6.07) is 10.2. The van der Waals surface area contributed by atoms with Crippen LogP contribution >= 0.6 is 12.6 Å². The zero-order chi connectivity index (χ0) is 52.9. The molecule has 384 valence electrons. The molecule has 6 rings (SSSR count). The number of aromatic nitrogens is 8. The topological polar surface area (TPSA) is 325 Å². The number of amides is 1. The molecule has 0 unspecified atom stereocenters. The zero-order valence-electron chi connectivity index (χ0n) is 41.8. The lowest BCUT2D eigenvalue weighted by atomic mass is 10.2. The summed E-state index contributed by atoms with van der Waals surface area (Å²) in [5.41, 5.74) is 30.7. The molecule has 6 aromatic rings. The number of nitrogens with two attached hydrogens (primary N) is 5. The second-order valence-electron chi connectivity index (χ2n) is 14.3. The number of nitrogens with zero attached hydrogens (tertiary/aromatic N) is 9. The summed E-state index contributed by atoms with van der Waals surface area (Å²) in [6.45, 7) is 10.5. The Balaban J connectivity index is 0.000000935. The number of thiol groups is 1. The van der Waals surface area contributed by atoms with Crippen molar-refractivity contribution in [1.29, 1.82) is 0 Å². The van der Waals surface area contributed by atoms with E-state index in [2.05, 4.69) is 55.7 Å². The molecule has 71 heavy (non-hydrogen) atoms. The second-order valence-corrected chi connectivity index (χ2v) is 14.7. The molecule has 0 aliphatic heterocycles. The lowest BCUT2D eigenvalue weighted by molar-refractivity contribution is 0.101. The molecule has 0 fully saturated rings. The Morgan fingerprint density at radius 3 is 1.82 bits per heavy atom. The first-order valence-electron chi connectivity index (χ1n) is 22.6. The van der Waals surface area contributed by atoms with Gasteiger partial charge < -0.3 is 52.6 Å². The molecule has 0 radical (unpaired) electrons. The van der Waals surface area contributed by atoms with E-state index in [1.165, 1.54) is 33.6 Å². The molecule has 1 amide bonds. The fourth-order valence-electron chi connectivity index (χ4n) is 6.70. The van der Waals surface area contributed by atoms with E-state index < -0.39 is 0 Å². The predicted octanol–water partition coefficient (Wildman–Crippen LogP) is 4.30. The minimum atomic E-state index is -0.377. The molecule has 0 spiro atoms. The van der Waals surface area contributed by atoms with E-state index in [1.807, 2.05) is 61.1 Å². The van der Waals surface area contributed by atoms with Crippen LogP contribution in [0.5, 0.6) is 11.5 Å². The van der Waals surface area contributed by atoms with Crippen molar-refractivity contribution in [2.24, 2.45) is 33.7 Å². The first-order chi connectivity index (χ1) is 34.5. The highest BCUT2D eigenvalue weighted by Crippen LogP contribution is 2.32. The van der Waals surface area contributed by atoms with Crippen LogP contribution in [0.3, 0.4) is 0 Å². The fourth-order valence-corrected chi connectivity index (χ4v) is 6.83. The van der Waals surface area contributed by atoms with Gasteiger partial charge in [-0.15, -0.1) is 0 Å². The Hall–Kier alpha value is -7.60. The van der Waals surface area contributed by atoms with Gasteiger partial charge in [0.15, 0.2) is 6.29 Å². The van der Waals surface area contributed by atoms with Gasteiger partial charge in [-0.1, -0.05) is 18.2 Å². The van der Waals surface area contributed by atoms with E-state index in [9.17, 15) is 19.2 Å². The normalized spacial score (nSPS) is 11.0. The quantitative estimate of drug-likeness (QED) is 0.0155. The summed E-state index contributed by atoms with van der Waals surface area (Å²) in [6.07, 6.45) is 13.3. The van der Waals surface area contributed by atoms with Crippen molar-refractivity contribution in [2.45, 2.75) is 60.3 Å². The Morgan fingerprint density at radius 1 is 0.746 bits per heavy atom. The molecule has 0 saturated heterocycles. The number of nitrogens with one attached hydrogen (secondary N) is 2. The van der Waals surface area contributed by atoms with Gasteiger partial charge in [0.25, 0.3) is 5.91 Å². The average Bonchev–Trinajstić information content (AvgIpc) is 4.18. The third-order valence-corrected chi connectivity index (χ3v) is 9.93. The largest absolute Gasteiger partial charge is 0.491 e. The monoisotopic (exact) mass is 999 g/mol. The fraction of sp³-hybridized carbons (Fsp3) is 0.354. The van der Waals surface area contributed by atoms with Crippen molar-refractivity contribution in [3.63, 3.8) is 0 Å². The number of aliphatic imine (C=N–C) groups is 1. The van der Waals surface area contributed by atoms with Gasteiger partial charge in [-0.25, -0.2) is 9.97 Å². The van der Waals surface area contributed by atoms with Crippen LogP contribution < -0.4 is 48.8 Å². The molecule has 0 atom stereocenters. The van der Waals surface area contributed by atoms with Crippen LogP contribution in [0.1, 0.15) is 73.3 Å². The van der Waals surface area contributed by atoms with Crippen LogP contribution in [0.15, 0.2) is 77.6 Å². The van der Waals surface area contributed by atoms with Gasteiger partial charge in [0.2, 0.25) is 11.9 Å². The molecule has 0 bridgehead atoms. The number of carbonyl (C=O) groups is 4. The molecule has 0 aliphatic rings. The van der Waals surface area contributed by atoms with Crippen molar-refractivity contribution < 1.29 is 28.7 Å². The van der Waals surface area contributed by atoms with Crippen molar-refractivity contribution in [2.75, 3.05) is 64.3 Å². The summed E-state index contributed by atoms with van der Waals surface area (Å²) < 4.78 is 19.4. The van der Waals surface area contributed by atoms with Crippen molar-refractivity contribution in [3.05, 3.63) is 107 Å². The number of hydrogen-bond acceptors (Lipinski definition) is 18. The number of benzene rings is 2. The van der Waals surface area contributed by atoms with E-state index in [0.717, 1.165) is 31.1 Å². The van der Waals surface area contributed by atoms with Gasteiger partial charge in [-0.3, -0.25) is 38.9 Å². The van der Waals surface area contributed by atoms with Crippen LogP contribution in [0.2, 0.25) is 0 Å². The van der Waals surface area contributed by atoms with Crippen LogP contribution in [-0.4, -0.2) is 123 Å². The molecule has 22 nitrogen and oxygen atoms in total. The first kappa shape index (κ1) is 59.5. The van der Waals surface area contributed by atoms with Crippen molar-refractivity contribution >= 4 is 77.6 Å². The first-order valence-corrected chi connectivity index (χ1v) is 23.2. The van der Waals surface area contributed by atoms with Gasteiger partial charge in [-0.05, 0) is 103 Å². The molecule has 12 N–H and O–H groups in total. The van der Waals surface area contributed by atoms with Crippen LogP contribution in [0, 0.1) is 13.8 Å². The third kappa shape index (κ3) is 16.8. The van der Waals surface area contributed by atoms with E-state index in [0.29, 0.717) is 112 Å². The highest BCUT2D eigenvalue weighted by Gasteiger charge is 2.21. The summed E-state index contributed by atoms with van der Waals surface area (Å²) in [5, 5.41) is 14.6. The molecule has 0 saturated carbocycles. The van der Waals surface area contributed by atoms with E-state index in [-0.39, 0.29) is 25.0 Å². The average molecular weight is 999 g/mol. The molecule has 4 aromatic heterocycles. The van der Waals surface area contributed by atoms with Gasteiger partial charge >= 0.3 is 0 Å². The number of fused-ring (bicyclic) bond motifs is 2. The van der Waals surface area contributed by atoms with Crippen LogP contribution in [0.4, 0.5) is 11.9 Å². The van der Waals surface area contributed by atoms with Gasteiger partial charge in [0.05, 0.1) is 41.3 Å². The number of carbonyl (C=O) groups excluding carboxylic acids is 4. The van der Waals surface area contributed by atoms with E-state index in [1.54, 1.807) is 52.8 Å². The Labute approximate surface area is 419 Å². The number of anilines is 2. The number of hydrogen-bond donors (Lipinski definition) is 8. The molecule has 23 heteroatoms. The minimum absolute atomic E-state index is 0.218. The Bertz CT molecular complexity index is 2750. The summed E-state index contributed by atoms with van der Waals surface area (Å²) in [7, 11) is 6.26. The number of imidazole rings is 2. The maximum Gasteiger partial charge on any atom is 0.276 e. The number of ether oxygens (including phenoxy) is 2. The smallest absolute Gasteiger partial charge is 0.276 e. The van der Waals surface area contributed by atoms with Gasteiger partial charge in [0.1, 0.15) is 53.1 Å². The number of aldehydes is 3. The highest BCUT2D eigenvalue weighted by molar-refractivity contribution is 7.80. The van der Waals surface area contributed by atoms with Gasteiger partial charge in [-0.2, -0.15) is 22.8 Å². The minimum Gasteiger partial charge on any atom is -0.491 e. The SMILES string of the molecule is CCn1nc(C)cc1C(=O)Nc1nc2cc(C=O)cc(OCCCS)c2n1C/C=C/Cn1c(NC)nc2cc(C=O)cc(OC/C=C/CN=C/C(N)=C\N)c21.CCn1nc(C)cc1C=O.CN.CN.CN. The standard InChI is InChI=1S/C38H45N11O5S.C7H10N2O.3CH5N/c1-4-49-31(16-25(2)46-49)36(52)45-38-44-30-18-27(24-51)20-33(54-14-9-15-55)35(30)48(38)12-7-6-11-47-34-29(43-37(47)41-3)17-26(23-50)19-32(34)53-13-8-5-10-42-22-28(40)21-39;1-3-9-7(5-10)4-6(2)8-9;3*1-2/h5-8,16-24,55H,4,9-15,39-40H2,1-3H3,(H,41,43)(H,44,45,52);4-5H,3H2,1-2H3;3*2H2,1H3/b7-6+,8-5+,28-21+,42-22?;;;;. The molecular weight excluding hydrogens is 929 g/mol. The Morgan fingerprint density at radius 2 is 1.30 bits per heavy atom. The van der Waals surface area contributed by atoms with E-state index in [4.69, 9.17) is 30.9 Å². The molecule has 4 heterocycles. The number of allylic oxidation sites excluding steroid dienone is 3. The van der Waals surface area contributed by atoms with Gasteiger partial charge in [0, 0.05) is 56.8 Å². The maximum atomic E-state index is 13.6. The number of rotatable bonds is 22. The zero-order valence-corrected chi connectivity index (χ0v) is 42.7. The Kier molecular flexibility index (Phi) is 27.0.